The summed E-state index contributed by atoms with van der Waals surface area (Å²) in [7, 11) is 0. The normalized spacial score (nSPS) is 18.6. The molecule has 41 heavy (non-hydrogen) atoms. The fraction of sp³-hybridized carbons (Fsp3) is 0.367. The smallest absolute Gasteiger partial charge is 0.434 e. The van der Waals surface area contributed by atoms with Crippen LogP contribution in [-0.4, -0.2) is 51.7 Å². The monoisotopic (exact) mass is 561 g/mol. The lowest BCUT2D eigenvalue weighted by Crippen LogP contribution is -2.45. The summed E-state index contributed by atoms with van der Waals surface area (Å²) in [5, 5.41) is 15.5. The summed E-state index contributed by atoms with van der Waals surface area (Å²) in [4.78, 5) is 48.2. The molecule has 0 saturated carbocycles. The second-order valence-corrected chi connectivity index (χ2v) is 10.7. The molecule has 2 heterocycles. The van der Waals surface area contributed by atoms with Gasteiger partial charge < -0.3 is 24.9 Å². The van der Waals surface area contributed by atoms with Gasteiger partial charge in [-0.25, -0.2) is 14.6 Å². The number of amides is 3. The number of nitrogens with one attached hydrogen (secondary N) is 2. The number of nitrogens with zero attached hydrogens (tertiary/aromatic N) is 3. The van der Waals surface area contributed by atoms with E-state index in [0.717, 1.165) is 0 Å². The number of hydrogen-bond acceptors (Lipinski definition) is 6. The largest absolute Gasteiger partial charge is 0.463 e. The van der Waals surface area contributed by atoms with Crippen LogP contribution in [0.4, 0.5) is 9.59 Å². The Balaban J connectivity index is 1.86. The molecule has 3 aromatic rings. The third-order valence-corrected chi connectivity index (χ3v) is 6.69. The fourth-order valence-electron chi connectivity index (χ4n) is 5.07. The van der Waals surface area contributed by atoms with Crippen LogP contribution in [-0.2, 0) is 15.1 Å². The third-order valence-electron chi connectivity index (χ3n) is 6.69. The average Bonchev–Trinajstić information content (AvgIpc) is 3.45. The molecule has 2 atom stereocenters. The van der Waals surface area contributed by atoms with E-state index in [1.54, 1.807) is 32.0 Å². The van der Waals surface area contributed by atoms with Crippen molar-refractivity contribution >= 4 is 24.1 Å². The molecule has 1 aliphatic rings. The molecule has 1 unspecified atom stereocenters. The molecule has 2 aromatic carbocycles. The number of carbonyl (C=O) groups excluding carboxylic acids is 2. The maximum Gasteiger partial charge on any atom is 0.434 e. The second kappa shape index (κ2) is 12.2. The first-order chi connectivity index (χ1) is 19.5. The van der Waals surface area contributed by atoms with Crippen molar-refractivity contribution in [1.29, 1.82) is 0 Å². The highest BCUT2D eigenvalue weighted by atomic mass is 16.5. The molecular formula is C30H35N5O6. The molecule has 0 bridgehead atoms. The Morgan fingerprint density at radius 3 is 2.49 bits per heavy atom. The Labute approximate surface area is 238 Å². The Morgan fingerprint density at radius 2 is 1.88 bits per heavy atom. The van der Waals surface area contributed by atoms with Crippen LogP contribution < -0.4 is 10.6 Å². The van der Waals surface area contributed by atoms with Gasteiger partial charge in [-0.1, -0.05) is 62.4 Å². The molecule has 1 aromatic heterocycles. The quantitative estimate of drug-likeness (QED) is 0.322. The van der Waals surface area contributed by atoms with Crippen molar-refractivity contribution in [2.24, 2.45) is 10.9 Å². The highest BCUT2D eigenvalue weighted by molar-refractivity contribution is 6.11. The van der Waals surface area contributed by atoms with Crippen molar-refractivity contribution in [3.8, 4) is 11.3 Å². The van der Waals surface area contributed by atoms with Crippen molar-refractivity contribution in [3.63, 3.8) is 0 Å². The van der Waals surface area contributed by atoms with E-state index in [1.165, 1.54) is 11.3 Å². The van der Waals surface area contributed by atoms with Gasteiger partial charge in [0.05, 0.1) is 11.7 Å². The van der Waals surface area contributed by atoms with Gasteiger partial charge >= 0.3 is 12.2 Å². The van der Waals surface area contributed by atoms with Crippen LogP contribution >= 0.6 is 0 Å². The predicted molar refractivity (Wildman–Crippen MR) is 152 cm³/mol. The van der Waals surface area contributed by atoms with E-state index in [-0.39, 0.29) is 24.5 Å². The van der Waals surface area contributed by atoms with Crippen LogP contribution in [0.15, 0.2) is 70.4 Å². The number of benzene rings is 2. The topological polar surface area (TPSA) is 146 Å². The molecule has 216 valence electrons. The van der Waals surface area contributed by atoms with Gasteiger partial charge in [0.1, 0.15) is 12.1 Å². The minimum atomic E-state index is -1.47. The highest BCUT2D eigenvalue weighted by Crippen LogP contribution is 2.39. The van der Waals surface area contributed by atoms with Crippen molar-refractivity contribution < 1.29 is 28.6 Å². The maximum atomic E-state index is 14.6. The Hall–Kier alpha value is -4.67. The number of aliphatic imine (C=N–C) groups is 1. The number of hydrogen-bond donors (Lipinski definition) is 3. The van der Waals surface area contributed by atoms with Gasteiger partial charge in [0.2, 0.25) is 5.96 Å². The van der Waals surface area contributed by atoms with Crippen LogP contribution in [0.25, 0.3) is 11.3 Å². The zero-order valence-electron chi connectivity index (χ0n) is 23.7. The minimum absolute atomic E-state index is 0.0574. The van der Waals surface area contributed by atoms with E-state index in [4.69, 9.17) is 9.15 Å². The number of guanidine groups is 1. The molecule has 0 aliphatic carbocycles. The molecule has 1 fully saturated rings. The Morgan fingerprint density at radius 1 is 1.15 bits per heavy atom. The summed E-state index contributed by atoms with van der Waals surface area (Å²) in [6.45, 7) is 9.11. The number of carbonyl (C=O) groups is 3. The Kier molecular flexibility index (Phi) is 8.75. The molecular weight excluding hydrogens is 526 g/mol. The summed E-state index contributed by atoms with van der Waals surface area (Å²) >= 11 is 0. The molecule has 3 N–H and O–H groups in total. The fourth-order valence-corrected chi connectivity index (χ4v) is 5.07. The van der Waals surface area contributed by atoms with E-state index >= 15 is 0 Å². The van der Waals surface area contributed by atoms with Gasteiger partial charge in [-0.3, -0.25) is 9.69 Å². The van der Waals surface area contributed by atoms with E-state index < -0.39 is 29.7 Å². The maximum absolute atomic E-state index is 14.6. The zero-order valence-corrected chi connectivity index (χ0v) is 23.7. The molecule has 3 amide bonds. The van der Waals surface area contributed by atoms with Gasteiger partial charge in [0.15, 0.2) is 12.2 Å². The van der Waals surface area contributed by atoms with Crippen molar-refractivity contribution in [2.45, 2.75) is 58.7 Å². The predicted octanol–water partition coefficient (Wildman–Crippen LogP) is 5.23. The summed E-state index contributed by atoms with van der Waals surface area (Å²) in [5.41, 5.74) is 1.33. The second-order valence-electron chi connectivity index (χ2n) is 10.7. The molecule has 11 nitrogen and oxygen atoms in total. The lowest BCUT2D eigenvalue weighted by atomic mass is 9.82. The van der Waals surface area contributed by atoms with Gasteiger partial charge in [-0.05, 0) is 50.3 Å². The van der Waals surface area contributed by atoms with Gasteiger partial charge in [-0.2, -0.15) is 0 Å². The molecule has 0 spiro atoms. The number of ether oxygens (including phenoxy) is 1. The summed E-state index contributed by atoms with van der Waals surface area (Å²) in [5.74, 6) is 0.0532. The van der Waals surface area contributed by atoms with Crippen LogP contribution in [0.3, 0.4) is 0 Å². The highest BCUT2D eigenvalue weighted by Gasteiger charge is 2.54. The molecule has 1 aliphatic heterocycles. The number of aromatic nitrogens is 1. The van der Waals surface area contributed by atoms with Crippen LogP contribution in [0.5, 0.6) is 0 Å². The first-order valence-corrected chi connectivity index (χ1v) is 13.4. The number of rotatable bonds is 9. The van der Waals surface area contributed by atoms with E-state index in [0.29, 0.717) is 34.6 Å². The lowest BCUT2D eigenvalue weighted by Gasteiger charge is -2.31. The van der Waals surface area contributed by atoms with Crippen LogP contribution in [0, 0.1) is 12.8 Å². The van der Waals surface area contributed by atoms with Crippen molar-refractivity contribution in [2.75, 3.05) is 6.61 Å². The standard InChI is InChI=1S/C30H35N5O6/c1-18(2)15-30(23-12-7-6-8-13-23)26(36)35(27(34-30)33-28(37)38)24(16-40-29(39)32-19(3)4)21-10-9-11-22(14-21)25-20(5)31-17-41-25/h6-14,17-19,24H,15-16H2,1-5H3,(H,32,39)(H,33,34)(H,37,38)/t24-,30?/m1/s1. The third kappa shape index (κ3) is 6.40. The molecule has 11 heteroatoms. The van der Waals surface area contributed by atoms with Gasteiger partial charge in [-0.15, -0.1) is 4.99 Å². The van der Waals surface area contributed by atoms with Crippen molar-refractivity contribution in [1.82, 2.24) is 20.5 Å². The molecule has 0 radical (unpaired) electrons. The first-order valence-electron chi connectivity index (χ1n) is 13.4. The Bertz CT molecular complexity index is 1430. The molecule has 1 saturated heterocycles. The van der Waals surface area contributed by atoms with E-state index in [2.05, 4.69) is 20.6 Å². The van der Waals surface area contributed by atoms with Crippen LogP contribution in [0.2, 0.25) is 0 Å². The van der Waals surface area contributed by atoms with E-state index in [1.807, 2.05) is 57.2 Å². The zero-order chi connectivity index (χ0) is 29.7. The van der Waals surface area contributed by atoms with Crippen LogP contribution in [0.1, 0.15) is 57.0 Å². The molecule has 4 rings (SSSR count). The average molecular weight is 562 g/mol. The number of alkyl carbamates (subject to hydrolysis) is 1. The van der Waals surface area contributed by atoms with E-state index in [9.17, 15) is 19.5 Å². The number of oxazole rings is 1. The summed E-state index contributed by atoms with van der Waals surface area (Å²) in [6.07, 6.45) is -0.425. The van der Waals surface area contributed by atoms with Gasteiger partial charge in [0.25, 0.3) is 5.91 Å². The van der Waals surface area contributed by atoms with Crippen molar-refractivity contribution in [3.05, 3.63) is 77.8 Å². The first kappa shape index (κ1) is 29.3. The SMILES string of the molecule is Cc1ncoc1-c1cccc([C@@H](COC(=O)NC(C)C)N2C(=O)C(CC(C)C)(c3ccccc3)NC2=NC(=O)O)c1. The number of aryl methyl sites for hydroxylation is 1. The van der Waals surface area contributed by atoms with Gasteiger partial charge in [0, 0.05) is 11.6 Å². The number of carboxylic acid groups (broad SMARTS) is 1. The lowest BCUT2D eigenvalue weighted by molar-refractivity contribution is -0.134. The minimum Gasteiger partial charge on any atom is -0.463 e. The summed E-state index contributed by atoms with van der Waals surface area (Å²) < 4.78 is 11.2. The summed E-state index contributed by atoms with van der Waals surface area (Å²) in [6, 6.07) is 15.2.